The molecule has 1 heterocycles. The second-order valence-corrected chi connectivity index (χ2v) is 3.46. The predicted molar refractivity (Wildman–Crippen MR) is 56.5 cm³/mol. The summed E-state index contributed by atoms with van der Waals surface area (Å²) in [5.41, 5.74) is 0. The molecule has 4 nitrogen and oxygen atoms in total. The molecule has 84 valence electrons. The predicted octanol–water partition coefficient (Wildman–Crippen LogP) is 1.31. The molecule has 0 atom stereocenters. The summed E-state index contributed by atoms with van der Waals surface area (Å²) in [6.45, 7) is 5.99. The highest BCUT2D eigenvalue weighted by Crippen LogP contribution is 2.08. The molecular weight excluding hydrogens is 180 g/mol. The highest BCUT2D eigenvalue weighted by Gasteiger charge is 2.15. The molecule has 1 aliphatic heterocycles. The van der Waals surface area contributed by atoms with Gasteiger partial charge in [-0.1, -0.05) is 20.3 Å². The summed E-state index contributed by atoms with van der Waals surface area (Å²) < 4.78 is 0. The molecule has 0 aromatic rings. The zero-order valence-electron chi connectivity index (χ0n) is 9.29. The third kappa shape index (κ3) is 5.94. The van der Waals surface area contributed by atoms with Gasteiger partial charge in [-0.3, -0.25) is 9.63 Å². The number of nitrogens with two attached hydrogens (primary N) is 1. The molecule has 1 rings (SSSR count). The Labute approximate surface area is 86.4 Å². The first-order chi connectivity index (χ1) is 6.76. The van der Waals surface area contributed by atoms with Crippen LogP contribution in [0.5, 0.6) is 0 Å². The van der Waals surface area contributed by atoms with E-state index in [-0.39, 0.29) is 12.5 Å². The van der Waals surface area contributed by atoms with Crippen LogP contribution in [-0.2, 0) is 9.63 Å². The fraction of sp³-hybridized carbons (Fsp3) is 0.900. The van der Waals surface area contributed by atoms with E-state index in [0.29, 0.717) is 0 Å². The van der Waals surface area contributed by atoms with E-state index in [9.17, 15) is 4.79 Å². The summed E-state index contributed by atoms with van der Waals surface area (Å²) in [4.78, 5) is 17.2. The normalized spacial score (nSPS) is 15.8. The van der Waals surface area contributed by atoms with E-state index in [1.54, 1.807) is 4.90 Å². The van der Waals surface area contributed by atoms with Gasteiger partial charge in [0.1, 0.15) is 6.61 Å². The molecule has 2 N–H and O–H groups in total. The average Bonchev–Trinajstić information content (AvgIpc) is 2.21. The summed E-state index contributed by atoms with van der Waals surface area (Å²) in [7, 11) is 0. The van der Waals surface area contributed by atoms with Gasteiger partial charge < -0.3 is 4.90 Å². The van der Waals surface area contributed by atoms with Crippen molar-refractivity contribution >= 4 is 5.91 Å². The van der Waals surface area contributed by atoms with E-state index >= 15 is 0 Å². The van der Waals surface area contributed by atoms with Crippen LogP contribution in [-0.4, -0.2) is 30.5 Å². The summed E-state index contributed by atoms with van der Waals surface area (Å²) in [5, 5.41) is 0. The Balaban J connectivity index is 0.000000500. The monoisotopic (exact) mass is 202 g/mol. The third-order valence-electron chi connectivity index (χ3n) is 1.92. The summed E-state index contributed by atoms with van der Waals surface area (Å²) in [6.07, 6.45) is 4.69. The van der Waals surface area contributed by atoms with E-state index in [1.807, 2.05) is 0 Å². The van der Waals surface area contributed by atoms with E-state index in [2.05, 4.69) is 18.7 Å². The summed E-state index contributed by atoms with van der Waals surface area (Å²) in [5.74, 6) is 4.80. The Bertz CT molecular complexity index is 145. The number of rotatable bonds is 2. The van der Waals surface area contributed by atoms with Crippen molar-refractivity contribution in [1.82, 2.24) is 4.90 Å². The minimum absolute atomic E-state index is 0.00667. The summed E-state index contributed by atoms with van der Waals surface area (Å²) >= 11 is 0. The first kappa shape index (κ1) is 13.4. The molecule has 0 aliphatic carbocycles. The lowest BCUT2D eigenvalue weighted by atomic mass is 10.1. The quantitative estimate of drug-likeness (QED) is 0.687. The molecule has 1 amide bonds. The highest BCUT2D eigenvalue weighted by atomic mass is 16.6. The van der Waals surface area contributed by atoms with Crippen LogP contribution in [0.2, 0.25) is 0 Å². The van der Waals surface area contributed by atoms with E-state index in [0.717, 1.165) is 25.9 Å². The van der Waals surface area contributed by atoms with Crippen molar-refractivity contribution in [3.05, 3.63) is 0 Å². The fourth-order valence-electron chi connectivity index (χ4n) is 1.31. The second-order valence-electron chi connectivity index (χ2n) is 3.46. The molecule has 0 aromatic carbocycles. The van der Waals surface area contributed by atoms with Crippen molar-refractivity contribution < 1.29 is 9.63 Å². The van der Waals surface area contributed by atoms with Crippen molar-refractivity contribution in [2.24, 2.45) is 5.90 Å². The highest BCUT2D eigenvalue weighted by molar-refractivity contribution is 5.77. The van der Waals surface area contributed by atoms with Crippen molar-refractivity contribution in [2.75, 3.05) is 19.7 Å². The third-order valence-corrected chi connectivity index (χ3v) is 1.92. The fourth-order valence-corrected chi connectivity index (χ4v) is 1.31. The van der Waals surface area contributed by atoms with Crippen LogP contribution in [0.3, 0.4) is 0 Å². The minimum atomic E-state index is 0.00667. The topological polar surface area (TPSA) is 55.6 Å². The second kappa shape index (κ2) is 8.97. The van der Waals surface area contributed by atoms with Crippen LogP contribution in [0.1, 0.15) is 39.5 Å². The van der Waals surface area contributed by atoms with Gasteiger partial charge in [-0.25, -0.2) is 5.90 Å². The lowest BCUT2D eigenvalue weighted by Crippen LogP contribution is -2.38. The molecule has 4 heteroatoms. The Morgan fingerprint density at radius 3 is 2.21 bits per heavy atom. The van der Waals surface area contributed by atoms with Crippen LogP contribution in [0.15, 0.2) is 0 Å². The molecular formula is C10H22N2O2. The van der Waals surface area contributed by atoms with Gasteiger partial charge >= 0.3 is 0 Å². The van der Waals surface area contributed by atoms with Gasteiger partial charge in [0.25, 0.3) is 5.91 Å². The van der Waals surface area contributed by atoms with Gasteiger partial charge in [-0.15, -0.1) is 0 Å². The zero-order chi connectivity index (χ0) is 10.8. The number of hydrogen-bond acceptors (Lipinski definition) is 3. The lowest BCUT2D eigenvalue weighted by Gasteiger charge is -2.26. The van der Waals surface area contributed by atoms with Crippen LogP contribution in [0.4, 0.5) is 0 Å². The molecule has 0 radical (unpaired) electrons. The minimum Gasteiger partial charge on any atom is -0.341 e. The molecule has 0 saturated carbocycles. The van der Waals surface area contributed by atoms with Crippen molar-refractivity contribution in [3.63, 3.8) is 0 Å². The van der Waals surface area contributed by atoms with Crippen LogP contribution in [0, 0.1) is 0 Å². The van der Waals surface area contributed by atoms with Gasteiger partial charge in [-0.2, -0.15) is 0 Å². The molecule has 14 heavy (non-hydrogen) atoms. The first-order valence-electron chi connectivity index (χ1n) is 5.35. The number of piperidine rings is 1. The van der Waals surface area contributed by atoms with Crippen molar-refractivity contribution in [3.8, 4) is 0 Å². The van der Waals surface area contributed by atoms with Crippen LogP contribution < -0.4 is 5.90 Å². The maximum Gasteiger partial charge on any atom is 0.250 e. The maximum absolute atomic E-state index is 11.1. The Morgan fingerprint density at radius 2 is 1.79 bits per heavy atom. The SMILES string of the molecule is CCC.NOCC(=O)N1CCCCC1. The largest absolute Gasteiger partial charge is 0.341 e. The maximum atomic E-state index is 11.1. The van der Waals surface area contributed by atoms with Crippen molar-refractivity contribution in [2.45, 2.75) is 39.5 Å². The van der Waals surface area contributed by atoms with E-state index in [4.69, 9.17) is 5.90 Å². The molecule has 0 aromatic heterocycles. The van der Waals surface area contributed by atoms with Crippen LogP contribution in [0.25, 0.3) is 0 Å². The first-order valence-corrected chi connectivity index (χ1v) is 5.35. The summed E-state index contributed by atoms with van der Waals surface area (Å²) in [6, 6.07) is 0. The standard InChI is InChI=1S/C7H14N2O2.C3H8/c8-11-6-7(10)9-4-2-1-3-5-9;1-3-2/h1-6,8H2;3H2,1-2H3. The molecule has 1 saturated heterocycles. The number of carbonyl (C=O) groups is 1. The van der Waals surface area contributed by atoms with E-state index in [1.165, 1.54) is 12.8 Å². The molecule has 1 aliphatic rings. The van der Waals surface area contributed by atoms with Gasteiger partial charge in [0.05, 0.1) is 0 Å². The molecule has 0 unspecified atom stereocenters. The number of carbonyl (C=O) groups excluding carboxylic acids is 1. The average molecular weight is 202 g/mol. The Hall–Kier alpha value is -0.610. The molecule has 1 fully saturated rings. The number of hydrogen-bond donors (Lipinski definition) is 1. The zero-order valence-corrected chi connectivity index (χ0v) is 9.29. The van der Waals surface area contributed by atoms with Gasteiger partial charge in [0.15, 0.2) is 0 Å². The molecule has 0 bridgehead atoms. The van der Waals surface area contributed by atoms with Crippen molar-refractivity contribution in [1.29, 1.82) is 0 Å². The number of nitrogens with zero attached hydrogens (tertiary/aromatic N) is 1. The number of amides is 1. The van der Waals surface area contributed by atoms with Gasteiger partial charge in [0, 0.05) is 13.1 Å². The lowest BCUT2D eigenvalue weighted by molar-refractivity contribution is -0.137. The van der Waals surface area contributed by atoms with Gasteiger partial charge in [-0.05, 0) is 19.3 Å². The smallest absolute Gasteiger partial charge is 0.250 e. The Morgan fingerprint density at radius 1 is 1.29 bits per heavy atom. The van der Waals surface area contributed by atoms with Gasteiger partial charge in [0.2, 0.25) is 0 Å². The van der Waals surface area contributed by atoms with Crippen LogP contribution >= 0.6 is 0 Å². The Kier molecular flexibility index (Phi) is 8.57. The van der Waals surface area contributed by atoms with E-state index < -0.39 is 0 Å². The molecule has 0 spiro atoms. The number of likely N-dealkylation sites (tertiary alicyclic amines) is 1.